The largest absolute Gasteiger partial charge is 0.444 e. The smallest absolute Gasteiger partial charge is 0.412 e. The summed E-state index contributed by atoms with van der Waals surface area (Å²) >= 11 is 3.95. The summed E-state index contributed by atoms with van der Waals surface area (Å²) in [6.45, 7) is 5.42. The van der Waals surface area contributed by atoms with Gasteiger partial charge in [0.15, 0.2) is 0 Å². The highest BCUT2D eigenvalue weighted by Crippen LogP contribution is 2.21. The van der Waals surface area contributed by atoms with Crippen LogP contribution in [0, 0.1) is 0 Å². The van der Waals surface area contributed by atoms with Crippen molar-refractivity contribution >= 4 is 24.4 Å². The van der Waals surface area contributed by atoms with Crippen LogP contribution in [0.4, 0.5) is 10.5 Å². The molecule has 1 amide bonds. The number of hydrogen-bond acceptors (Lipinski definition) is 6. The maximum Gasteiger partial charge on any atom is 0.412 e. The number of nitrogens with zero attached hydrogens (tertiary/aromatic N) is 2. The minimum absolute atomic E-state index is 0.205. The molecule has 106 valence electrons. The first-order valence-electron chi connectivity index (χ1n) is 5.96. The van der Waals surface area contributed by atoms with Gasteiger partial charge in [0, 0.05) is 11.3 Å². The normalized spacial score (nSPS) is 11.2. The lowest BCUT2D eigenvalue weighted by Crippen LogP contribution is -2.27. The third-order valence-corrected chi connectivity index (χ3v) is 2.37. The van der Waals surface area contributed by atoms with Crippen molar-refractivity contribution in [3.63, 3.8) is 0 Å². The zero-order chi connectivity index (χ0) is 14.8. The minimum atomic E-state index is -0.531. The summed E-state index contributed by atoms with van der Waals surface area (Å²) < 4.78 is 10.3. The molecule has 0 radical (unpaired) electrons. The van der Waals surface area contributed by atoms with Crippen molar-refractivity contribution in [2.75, 3.05) is 5.32 Å². The number of nitrogens with one attached hydrogen (secondary N) is 1. The van der Waals surface area contributed by atoms with Crippen molar-refractivity contribution in [2.45, 2.75) is 31.6 Å². The van der Waals surface area contributed by atoms with E-state index in [0.717, 1.165) is 5.56 Å². The average Bonchev–Trinajstić information content (AvgIpc) is 2.74. The van der Waals surface area contributed by atoms with Crippen molar-refractivity contribution in [3.05, 3.63) is 24.3 Å². The Kier molecular flexibility index (Phi) is 3.99. The topological polar surface area (TPSA) is 77.2 Å². The Morgan fingerprint density at radius 2 is 1.90 bits per heavy atom. The van der Waals surface area contributed by atoms with Crippen LogP contribution >= 0.6 is 12.6 Å². The number of carbonyl (C=O) groups is 1. The Hall–Kier alpha value is -2.02. The molecule has 0 spiro atoms. The molecule has 1 aromatic heterocycles. The molecule has 20 heavy (non-hydrogen) atoms. The SMILES string of the molecule is CC(C)(C)OC(=O)Nc1ccc(-c2nnc(S)o2)cc1. The van der Waals surface area contributed by atoms with Crippen molar-refractivity contribution in [1.82, 2.24) is 10.2 Å². The number of aromatic nitrogens is 2. The standard InChI is InChI=1S/C13H15N3O3S/c1-13(2,3)19-11(17)14-9-6-4-8(5-7-9)10-15-16-12(20)18-10/h4-7H,1-3H3,(H,14,17)(H,16,20). The van der Waals surface area contributed by atoms with E-state index >= 15 is 0 Å². The molecule has 1 heterocycles. The van der Waals surface area contributed by atoms with Gasteiger partial charge in [0.25, 0.3) is 5.22 Å². The maximum atomic E-state index is 11.6. The Balaban J connectivity index is 2.03. The fraction of sp³-hybridized carbons (Fsp3) is 0.308. The fourth-order valence-electron chi connectivity index (χ4n) is 1.45. The quantitative estimate of drug-likeness (QED) is 0.830. The lowest BCUT2D eigenvalue weighted by atomic mass is 10.2. The van der Waals surface area contributed by atoms with Crippen molar-refractivity contribution < 1.29 is 13.9 Å². The lowest BCUT2D eigenvalue weighted by molar-refractivity contribution is 0.0636. The fourth-order valence-corrected chi connectivity index (χ4v) is 1.58. The van der Waals surface area contributed by atoms with Gasteiger partial charge in [-0.3, -0.25) is 5.32 Å². The molecule has 0 fully saturated rings. The molecule has 6 nitrogen and oxygen atoms in total. The molecule has 0 aliphatic rings. The van der Waals surface area contributed by atoms with Crippen LogP contribution in [0.2, 0.25) is 0 Å². The van der Waals surface area contributed by atoms with Crippen molar-refractivity contribution in [2.24, 2.45) is 0 Å². The van der Waals surface area contributed by atoms with Gasteiger partial charge in [-0.15, -0.1) is 10.2 Å². The van der Waals surface area contributed by atoms with Crippen LogP contribution in [0.5, 0.6) is 0 Å². The zero-order valence-corrected chi connectivity index (χ0v) is 12.3. The summed E-state index contributed by atoms with van der Waals surface area (Å²) in [5.41, 5.74) is 0.831. The second-order valence-corrected chi connectivity index (χ2v) is 5.48. The third-order valence-electron chi connectivity index (χ3n) is 2.19. The van der Waals surface area contributed by atoms with Gasteiger partial charge >= 0.3 is 6.09 Å². The molecule has 0 aliphatic heterocycles. The van der Waals surface area contributed by atoms with Crippen LogP contribution in [0.25, 0.3) is 11.5 Å². The molecule has 0 unspecified atom stereocenters. The number of hydrogen-bond donors (Lipinski definition) is 2. The molecule has 2 aromatic rings. The highest BCUT2D eigenvalue weighted by atomic mass is 32.1. The Bertz CT molecular complexity index is 602. The van der Waals surface area contributed by atoms with Crippen LogP contribution in [-0.2, 0) is 4.74 Å². The number of benzene rings is 1. The van der Waals surface area contributed by atoms with Crippen LogP contribution < -0.4 is 5.32 Å². The minimum Gasteiger partial charge on any atom is -0.444 e. The molecule has 0 bridgehead atoms. The van der Waals surface area contributed by atoms with E-state index in [1.807, 2.05) is 0 Å². The molecule has 1 N–H and O–H groups in total. The number of amides is 1. The molecule has 0 saturated carbocycles. The molecule has 2 rings (SSSR count). The van der Waals surface area contributed by atoms with E-state index in [0.29, 0.717) is 11.6 Å². The molecule has 7 heteroatoms. The van der Waals surface area contributed by atoms with Crippen LogP contribution in [0.1, 0.15) is 20.8 Å². The van der Waals surface area contributed by atoms with Crippen LogP contribution in [-0.4, -0.2) is 21.9 Å². The van der Waals surface area contributed by atoms with Gasteiger partial charge in [0.2, 0.25) is 5.89 Å². The predicted octanol–water partition coefficient (Wildman–Crippen LogP) is 3.37. The van der Waals surface area contributed by atoms with Crippen LogP contribution in [0.3, 0.4) is 0 Å². The summed E-state index contributed by atoms with van der Waals surface area (Å²) in [7, 11) is 0. The number of ether oxygens (including phenoxy) is 1. The van der Waals surface area contributed by atoms with Gasteiger partial charge < -0.3 is 9.15 Å². The average molecular weight is 293 g/mol. The Labute approximate surface area is 121 Å². The summed E-state index contributed by atoms with van der Waals surface area (Å²) in [5, 5.41) is 10.3. The number of anilines is 1. The Morgan fingerprint density at radius 3 is 2.40 bits per heavy atom. The molecular formula is C13H15N3O3S. The second kappa shape index (κ2) is 5.54. The summed E-state index contributed by atoms with van der Waals surface area (Å²) in [6, 6.07) is 6.96. The summed E-state index contributed by atoms with van der Waals surface area (Å²) in [4.78, 5) is 11.6. The molecule has 0 saturated heterocycles. The van der Waals surface area contributed by atoms with Crippen LogP contribution in [0.15, 0.2) is 33.9 Å². The second-order valence-electron chi connectivity index (χ2n) is 5.09. The summed E-state index contributed by atoms with van der Waals surface area (Å²) in [6.07, 6.45) is -0.499. The third kappa shape index (κ3) is 3.99. The van der Waals surface area contributed by atoms with Gasteiger partial charge in [0.1, 0.15) is 5.60 Å². The molecule has 1 aromatic carbocycles. The Morgan fingerprint density at radius 1 is 1.25 bits per heavy atom. The first-order chi connectivity index (χ1) is 9.33. The van der Waals surface area contributed by atoms with E-state index < -0.39 is 11.7 Å². The lowest BCUT2D eigenvalue weighted by Gasteiger charge is -2.19. The van der Waals surface area contributed by atoms with E-state index in [-0.39, 0.29) is 5.22 Å². The number of carbonyl (C=O) groups excluding carboxylic acids is 1. The molecular weight excluding hydrogens is 278 g/mol. The summed E-state index contributed by atoms with van der Waals surface area (Å²) in [5.74, 6) is 0.374. The van der Waals surface area contributed by atoms with Gasteiger partial charge in [-0.25, -0.2) is 4.79 Å². The highest BCUT2D eigenvalue weighted by molar-refractivity contribution is 7.80. The van der Waals surface area contributed by atoms with Crippen molar-refractivity contribution in [3.8, 4) is 11.5 Å². The van der Waals surface area contributed by atoms with Crippen molar-refractivity contribution in [1.29, 1.82) is 0 Å². The van der Waals surface area contributed by atoms with Gasteiger partial charge in [0.05, 0.1) is 0 Å². The zero-order valence-electron chi connectivity index (χ0n) is 11.4. The van der Waals surface area contributed by atoms with Gasteiger partial charge in [-0.1, -0.05) is 12.6 Å². The van der Waals surface area contributed by atoms with E-state index in [9.17, 15) is 4.79 Å². The van der Waals surface area contributed by atoms with E-state index in [2.05, 4.69) is 28.1 Å². The highest BCUT2D eigenvalue weighted by Gasteiger charge is 2.16. The van der Waals surface area contributed by atoms with E-state index in [1.54, 1.807) is 45.0 Å². The number of thiol groups is 1. The predicted molar refractivity (Wildman–Crippen MR) is 76.8 cm³/mol. The first-order valence-corrected chi connectivity index (χ1v) is 6.41. The number of rotatable bonds is 2. The molecule has 0 atom stereocenters. The monoisotopic (exact) mass is 293 g/mol. The first kappa shape index (κ1) is 14.4. The van der Waals surface area contributed by atoms with Gasteiger partial charge in [-0.05, 0) is 45.0 Å². The molecule has 0 aliphatic carbocycles. The van der Waals surface area contributed by atoms with E-state index in [4.69, 9.17) is 9.15 Å². The van der Waals surface area contributed by atoms with Gasteiger partial charge in [-0.2, -0.15) is 0 Å². The van der Waals surface area contributed by atoms with E-state index in [1.165, 1.54) is 0 Å². The maximum absolute atomic E-state index is 11.6.